The fourth-order valence-electron chi connectivity index (χ4n) is 3.54. The Bertz CT molecular complexity index is 1070. The third-order valence-electron chi connectivity index (χ3n) is 5.43. The number of hydrogen-bond acceptors (Lipinski definition) is 0. The molecule has 0 unspecified atom stereocenters. The first-order chi connectivity index (χ1) is 18.0. The van der Waals surface area contributed by atoms with Crippen molar-refractivity contribution in [3.8, 4) is 11.1 Å². The van der Waals surface area contributed by atoms with Gasteiger partial charge in [-0.3, -0.25) is 0 Å². The van der Waals surface area contributed by atoms with Crippen molar-refractivity contribution in [1.82, 2.24) is 0 Å². The highest BCUT2D eigenvalue weighted by molar-refractivity contribution is 5.84. The van der Waals surface area contributed by atoms with Crippen LogP contribution in [0.4, 0.5) is 0 Å². The Morgan fingerprint density at radius 1 is 0.395 bits per heavy atom. The van der Waals surface area contributed by atoms with Gasteiger partial charge in [0.05, 0.1) is 0 Å². The molecule has 0 saturated heterocycles. The van der Waals surface area contributed by atoms with Gasteiger partial charge in [0.1, 0.15) is 0 Å². The summed E-state index contributed by atoms with van der Waals surface area (Å²) in [7, 11) is 0. The van der Waals surface area contributed by atoms with E-state index in [2.05, 4.69) is 101 Å². The molecule has 0 aliphatic carbocycles. The summed E-state index contributed by atoms with van der Waals surface area (Å²) in [5.74, 6) is 0. The van der Waals surface area contributed by atoms with Crippen molar-refractivity contribution < 1.29 is 0 Å². The first-order valence-corrected chi connectivity index (χ1v) is 14.0. The Kier molecular flexibility index (Phi) is 19.1. The van der Waals surface area contributed by atoms with Gasteiger partial charge in [-0.15, -0.1) is 0 Å². The van der Waals surface area contributed by atoms with E-state index >= 15 is 0 Å². The van der Waals surface area contributed by atoms with Gasteiger partial charge < -0.3 is 0 Å². The van der Waals surface area contributed by atoms with Crippen LogP contribution in [-0.2, 0) is 0 Å². The number of hydrogen-bond donors (Lipinski definition) is 0. The molecule has 0 atom stereocenters. The van der Waals surface area contributed by atoms with Crippen molar-refractivity contribution in [2.45, 2.75) is 83.1 Å². The second kappa shape index (κ2) is 19.7. The Balaban J connectivity index is 0. The molecule has 206 valence electrons. The molecule has 0 fully saturated rings. The summed E-state index contributed by atoms with van der Waals surface area (Å²) in [6.45, 7) is 40.7. The number of rotatable bonds is 5. The number of benzene rings is 3. The molecule has 0 nitrogen and oxygen atoms in total. The van der Waals surface area contributed by atoms with Gasteiger partial charge in [-0.2, -0.15) is 0 Å². The average molecular weight is 511 g/mol. The first kappa shape index (κ1) is 36.8. The highest BCUT2D eigenvalue weighted by Crippen LogP contribution is 2.33. The molecule has 38 heavy (non-hydrogen) atoms. The van der Waals surface area contributed by atoms with Crippen LogP contribution in [-0.4, -0.2) is 0 Å². The molecule has 0 bridgehead atoms. The van der Waals surface area contributed by atoms with E-state index < -0.39 is 0 Å². The van der Waals surface area contributed by atoms with Crippen LogP contribution in [0.2, 0.25) is 0 Å². The average Bonchev–Trinajstić information content (AvgIpc) is 2.93. The molecule has 0 aromatic heterocycles. The van der Waals surface area contributed by atoms with Crippen LogP contribution in [0.3, 0.4) is 0 Å². The summed E-state index contributed by atoms with van der Waals surface area (Å²) in [6, 6.07) is 21.4. The van der Waals surface area contributed by atoms with Crippen LogP contribution in [0.5, 0.6) is 0 Å². The summed E-state index contributed by atoms with van der Waals surface area (Å²) in [6.07, 6.45) is 0. The molecular formula is C38H54. The molecule has 0 saturated carbocycles. The minimum atomic E-state index is 1.05. The van der Waals surface area contributed by atoms with E-state index in [0.29, 0.717) is 0 Å². The molecule has 0 aliphatic heterocycles. The molecule has 0 heteroatoms. The van der Waals surface area contributed by atoms with Crippen LogP contribution in [0, 0.1) is 13.8 Å². The van der Waals surface area contributed by atoms with Crippen LogP contribution in [0.1, 0.15) is 103 Å². The van der Waals surface area contributed by atoms with Crippen LogP contribution in [0.25, 0.3) is 33.4 Å². The van der Waals surface area contributed by atoms with Crippen molar-refractivity contribution in [3.63, 3.8) is 0 Å². The lowest BCUT2D eigenvalue weighted by Gasteiger charge is -2.15. The monoisotopic (exact) mass is 510 g/mol. The Morgan fingerprint density at radius 3 is 0.842 bits per heavy atom. The molecule has 0 aliphatic rings. The number of allylic oxidation sites excluding steroid dienone is 4. The second-order valence-corrected chi connectivity index (χ2v) is 8.80. The molecule has 3 rings (SSSR count). The summed E-state index contributed by atoms with van der Waals surface area (Å²) >= 11 is 0. The van der Waals surface area contributed by atoms with E-state index in [4.69, 9.17) is 0 Å². The minimum absolute atomic E-state index is 1.05. The van der Waals surface area contributed by atoms with Crippen molar-refractivity contribution >= 4 is 22.3 Å². The summed E-state index contributed by atoms with van der Waals surface area (Å²) in [5, 5.41) is 0. The highest BCUT2D eigenvalue weighted by atomic mass is 14.1. The SMILES string of the molecule is C=C(C)c1ccc(-c2ccc(C(=C)C)c(C(=C)C)c2)cc1C(=C)C.CC.CC.CC.Cc1ccc(C)cc1. The van der Waals surface area contributed by atoms with Gasteiger partial charge in [-0.1, -0.05) is 150 Å². The zero-order chi connectivity index (χ0) is 30.0. The number of aryl methyl sites for hydroxylation is 2. The zero-order valence-corrected chi connectivity index (χ0v) is 26.6. The smallest absolute Gasteiger partial charge is 0.0152 e. The molecule has 0 amide bonds. The van der Waals surface area contributed by atoms with Crippen molar-refractivity contribution in [2.75, 3.05) is 0 Å². The lowest BCUT2D eigenvalue weighted by atomic mass is 9.90. The largest absolute Gasteiger partial charge is 0.0955 e. The molecule has 0 heterocycles. The molecule has 3 aromatic carbocycles. The van der Waals surface area contributed by atoms with E-state index in [1.165, 1.54) is 22.3 Å². The van der Waals surface area contributed by atoms with Crippen molar-refractivity contribution in [3.05, 3.63) is 120 Å². The van der Waals surface area contributed by atoms with Gasteiger partial charge in [0.25, 0.3) is 0 Å². The molecule has 0 N–H and O–H groups in total. The van der Waals surface area contributed by atoms with Gasteiger partial charge in [0.15, 0.2) is 0 Å². The highest BCUT2D eigenvalue weighted by Gasteiger charge is 2.10. The standard InChI is InChI=1S/C24H26.C8H10.3C2H6/c1-15(2)21-11-9-19(13-23(21)17(5)6)20-10-12-22(16(3)4)24(14-20)18(7)8;1-7-3-5-8(2)6-4-7;3*1-2/h9-14H,1,3,5,7H2,2,4,6,8H3;3-6H,1-2H3;3*1-2H3. The predicted octanol–water partition coefficient (Wildman–Crippen LogP) is 12.9. The maximum Gasteiger partial charge on any atom is -0.0152 e. The predicted molar refractivity (Wildman–Crippen MR) is 181 cm³/mol. The zero-order valence-electron chi connectivity index (χ0n) is 26.6. The first-order valence-electron chi connectivity index (χ1n) is 14.0. The lowest BCUT2D eigenvalue weighted by Crippen LogP contribution is -1.93. The Labute approximate surface area is 236 Å². The maximum atomic E-state index is 4.12. The third-order valence-corrected chi connectivity index (χ3v) is 5.43. The molecule has 3 aromatic rings. The Hall–Kier alpha value is -3.38. The topological polar surface area (TPSA) is 0 Å². The maximum absolute atomic E-state index is 4.12. The third kappa shape index (κ3) is 11.8. The van der Waals surface area contributed by atoms with E-state index in [-0.39, 0.29) is 0 Å². The van der Waals surface area contributed by atoms with E-state index in [0.717, 1.165) is 44.5 Å². The quantitative estimate of drug-likeness (QED) is 0.320. The second-order valence-electron chi connectivity index (χ2n) is 8.80. The van der Waals surface area contributed by atoms with E-state index in [1.54, 1.807) is 0 Å². The Morgan fingerprint density at radius 2 is 0.632 bits per heavy atom. The normalized spacial score (nSPS) is 8.95. The van der Waals surface area contributed by atoms with Gasteiger partial charge in [-0.25, -0.2) is 0 Å². The minimum Gasteiger partial charge on any atom is -0.0955 e. The van der Waals surface area contributed by atoms with Crippen molar-refractivity contribution in [1.29, 1.82) is 0 Å². The van der Waals surface area contributed by atoms with E-state index in [1.807, 2.05) is 69.2 Å². The fraction of sp³-hybridized carbons (Fsp3) is 0.316. The summed E-state index contributed by atoms with van der Waals surface area (Å²) in [4.78, 5) is 0. The van der Waals surface area contributed by atoms with Gasteiger partial charge in [-0.05, 0) is 87.1 Å². The van der Waals surface area contributed by atoms with Crippen molar-refractivity contribution in [2.24, 2.45) is 0 Å². The van der Waals surface area contributed by atoms with Crippen LogP contribution >= 0.6 is 0 Å². The van der Waals surface area contributed by atoms with Crippen LogP contribution < -0.4 is 0 Å². The van der Waals surface area contributed by atoms with Crippen LogP contribution in [0.15, 0.2) is 87.0 Å². The lowest BCUT2D eigenvalue weighted by molar-refractivity contribution is 1.40. The molecular weight excluding hydrogens is 456 g/mol. The molecule has 0 radical (unpaired) electrons. The summed E-state index contributed by atoms with van der Waals surface area (Å²) < 4.78 is 0. The van der Waals surface area contributed by atoms with Gasteiger partial charge in [0, 0.05) is 0 Å². The molecule has 0 spiro atoms. The summed E-state index contributed by atoms with van der Waals surface area (Å²) in [5.41, 5.74) is 13.8. The van der Waals surface area contributed by atoms with Gasteiger partial charge >= 0.3 is 0 Å². The fourth-order valence-corrected chi connectivity index (χ4v) is 3.54. The van der Waals surface area contributed by atoms with E-state index in [9.17, 15) is 0 Å². The van der Waals surface area contributed by atoms with Gasteiger partial charge in [0.2, 0.25) is 0 Å².